The van der Waals surface area contributed by atoms with E-state index in [4.69, 9.17) is 16.3 Å². The molecule has 1 atom stereocenters. The summed E-state index contributed by atoms with van der Waals surface area (Å²) in [6.45, 7) is 2.09. The van der Waals surface area contributed by atoms with Gasteiger partial charge < -0.3 is 0 Å². The summed E-state index contributed by atoms with van der Waals surface area (Å²) in [5.41, 5.74) is 1.30. The standard InChI is InChI=1S/C9H8ClO.CH3.Sn/c1-6-5-7-3-2-4-8(10)9(7)11-6;;/h3-4,6H,5H2,1H3;1H3;. The topological polar surface area (TPSA) is 9.23 Å². The van der Waals surface area contributed by atoms with Crippen LogP contribution >= 0.6 is 11.6 Å². The molecular formula is C10H11ClOSn. The molecule has 1 aliphatic heterocycles. The second kappa shape index (κ2) is 3.70. The second-order valence-electron chi connectivity index (χ2n) is 3.33. The molecule has 0 aliphatic carbocycles. The molecule has 0 amide bonds. The Kier molecular flexibility index (Phi) is 2.74. The zero-order valence-electron chi connectivity index (χ0n) is 7.73. The van der Waals surface area contributed by atoms with E-state index in [0.717, 1.165) is 17.2 Å². The summed E-state index contributed by atoms with van der Waals surface area (Å²) in [6.07, 6.45) is 1.31. The van der Waals surface area contributed by atoms with E-state index in [1.165, 1.54) is 9.14 Å². The number of halogens is 1. The fourth-order valence-electron chi connectivity index (χ4n) is 1.63. The third kappa shape index (κ3) is 1.82. The molecule has 0 N–H and O–H groups in total. The van der Waals surface area contributed by atoms with Crippen LogP contribution in [0, 0.1) is 0 Å². The summed E-state index contributed by atoms with van der Waals surface area (Å²) >= 11 is 5.76. The van der Waals surface area contributed by atoms with Gasteiger partial charge in [0, 0.05) is 0 Å². The molecule has 1 nitrogen and oxygen atoms in total. The summed E-state index contributed by atoms with van der Waals surface area (Å²) < 4.78 is 7.09. The summed E-state index contributed by atoms with van der Waals surface area (Å²) in [7, 11) is 0. The van der Waals surface area contributed by atoms with Crippen molar-refractivity contribution in [3.05, 3.63) is 22.7 Å². The van der Waals surface area contributed by atoms with Crippen molar-refractivity contribution < 1.29 is 4.74 Å². The Hall–Kier alpha value is 0.109. The first kappa shape index (κ1) is 9.66. The molecular weight excluding hydrogens is 290 g/mol. The first-order chi connectivity index (χ1) is 6.20. The Labute approximate surface area is 93.6 Å². The fourth-order valence-corrected chi connectivity index (χ4v) is 3.91. The van der Waals surface area contributed by atoms with Gasteiger partial charge in [0.05, 0.1) is 0 Å². The Morgan fingerprint density at radius 1 is 1.54 bits per heavy atom. The van der Waals surface area contributed by atoms with Gasteiger partial charge in [-0.05, 0) is 0 Å². The van der Waals surface area contributed by atoms with Crippen LogP contribution in [0.1, 0.15) is 12.5 Å². The normalized spacial score (nSPS) is 19.8. The van der Waals surface area contributed by atoms with Crippen molar-refractivity contribution in [1.82, 2.24) is 0 Å². The molecule has 1 aromatic rings. The van der Waals surface area contributed by atoms with Crippen LogP contribution in [-0.4, -0.2) is 27.2 Å². The molecule has 3 heteroatoms. The molecule has 0 aromatic heterocycles. The van der Waals surface area contributed by atoms with E-state index in [9.17, 15) is 0 Å². The maximum absolute atomic E-state index is 6.12. The average molecular weight is 301 g/mol. The van der Waals surface area contributed by atoms with Crippen LogP contribution in [0.4, 0.5) is 0 Å². The van der Waals surface area contributed by atoms with Crippen LogP contribution in [0.5, 0.6) is 5.75 Å². The summed E-state index contributed by atoms with van der Waals surface area (Å²) in [5.74, 6) is 0.922. The molecule has 0 saturated carbocycles. The molecule has 1 aromatic carbocycles. The predicted molar refractivity (Wildman–Crippen MR) is 56.5 cm³/mol. The molecule has 2 radical (unpaired) electrons. The second-order valence-corrected chi connectivity index (χ2v) is 6.81. The van der Waals surface area contributed by atoms with Gasteiger partial charge in [0.1, 0.15) is 0 Å². The van der Waals surface area contributed by atoms with Crippen molar-refractivity contribution in [3.8, 4) is 5.75 Å². The number of fused-ring (bicyclic) bond motifs is 1. The molecule has 0 bridgehead atoms. The summed E-state index contributed by atoms with van der Waals surface area (Å²) in [6, 6.07) is 4.35. The van der Waals surface area contributed by atoms with E-state index >= 15 is 0 Å². The van der Waals surface area contributed by atoms with Gasteiger partial charge in [0.15, 0.2) is 0 Å². The number of hydrogen-bond donors (Lipinski definition) is 0. The van der Waals surface area contributed by atoms with Crippen LogP contribution in [0.15, 0.2) is 12.1 Å². The molecule has 68 valence electrons. The van der Waals surface area contributed by atoms with Crippen molar-refractivity contribution in [2.45, 2.75) is 24.4 Å². The molecule has 0 saturated heterocycles. The third-order valence-corrected chi connectivity index (χ3v) is 4.99. The van der Waals surface area contributed by atoms with Gasteiger partial charge in [0.25, 0.3) is 0 Å². The van der Waals surface area contributed by atoms with E-state index < -0.39 is 0 Å². The number of benzene rings is 1. The van der Waals surface area contributed by atoms with Gasteiger partial charge in [0.2, 0.25) is 0 Å². The van der Waals surface area contributed by atoms with E-state index in [0.29, 0.717) is 6.10 Å². The Morgan fingerprint density at radius 2 is 2.31 bits per heavy atom. The average Bonchev–Trinajstić information content (AvgIpc) is 2.46. The molecule has 0 fully saturated rings. The molecule has 13 heavy (non-hydrogen) atoms. The Morgan fingerprint density at radius 3 is 3.00 bits per heavy atom. The SMILES string of the molecule is [CH3][Sn][c]1cc(Cl)c2c(c1)CC(C)O2. The monoisotopic (exact) mass is 302 g/mol. The van der Waals surface area contributed by atoms with E-state index in [1.807, 2.05) is 0 Å². The van der Waals surface area contributed by atoms with Crippen LogP contribution in [0.2, 0.25) is 9.96 Å². The minimum atomic E-state index is -0.360. The van der Waals surface area contributed by atoms with Crippen LogP contribution in [0.3, 0.4) is 0 Å². The van der Waals surface area contributed by atoms with Gasteiger partial charge in [-0.3, -0.25) is 0 Å². The van der Waals surface area contributed by atoms with Gasteiger partial charge in [-0.15, -0.1) is 0 Å². The van der Waals surface area contributed by atoms with Gasteiger partial charge in [-0.2, -0.15) is 0 Å². The first-order valence-electron chi connectivity index (χ1n) is 4.37. The minimum absolute atomic E-state index is 0.296. The first-order valence-corrected chi connectivity index (χ1v) is 9.03. The Balaban J connectivity index is 2.46. The third-order valence-electron chi connectivity index (χ3n) is 2.24. The fraction of sp³-hybridized carbons (Fsp3) is 0.400. The van der Waals surface area contributed by atoms with E-state index in [1.54, 1.807) is 0 Å². The zero-order chi connectivity index (χ0) is 9.42. The summed E-state index contributed by atoms with van der Waals surface area (Å²) in [4.78, 5) is 2.31. The Bertz CT molecular complexity index is 338. The van der Waals surface area contributed by atoms with Crippen molar-refractivity contribution in [2.24, 2.45) is 0 Å². The molecule has 2 rings (SSSR count). The molecule has 1 unspecified atom stereocenters. The van der Waals surface area contributed by atoms with Crippen molar-refractivity contribution >= 4 is 36.3 Å². The number of rotatable bonds is 1. The van der Waals surface area contributed by atoms with Crippen molar-refractivity contribution in [2.75, 3.05) is 0 Å². The van der Waals surface area contributed by atoms with Crippen LogP contribution in [0.25, 0.3) is 0 Å². The van der Waals surface area contributed by atoms with Gasteiger partial charge >= 0.3 is 93.9 Å². The van der Waals surface area contributed by atoms with Crippen molar-refractivity contribution in [3.63, 3.8) is 0 Å². The zero-order valence-corrected chi connectivity index (χ0v) is 11.3. The van der Waals surface area contributed by atoms with Gasteiger partial charge in [-0.25, -0.2) is 0 Å². The van der Waals surface area contributed by atoms with E-state index in [2.05, 4.69) is 24.0 Å². The quantitative estimate of drug-likeness (QED) is 0.721. The predicted octanol–water partition coefficient (Wildman–Crippen LogP) is 2.04. The number of ether oxygens (including phenoxy) is 1. The van der Waals surface area contributed by atoms with Crippen molar-refractivity contribution in [1.29, 1.82) is 0 Å². The number of hydrogen-bond acceptors (Lipinski definition) is 1. The summed E-state index contributed by atoms with van der Waals surface area (Å²) in [5, 5.41) is 0.805. The van der Waals surface area contributed by atoms with Crippen LogP contribution in [-0.2, 0) is 6.42 Å². The molecule has 0 spiro atoms. The van der Waals surface area contributed by atoms with E-state index in [-0.39, 0.29) is 21.1 Å². The van der Waals surface area contributed by atoms with Crippen LogP contribution < -0.4 is 8.32 Å². The maximum atomic E-state index is 6.12. The molecule has 1 aliphatic rings. The van der Waals surface area contributed by atoms with Gasteiger partial charge in [-0.1, -0.05) is 0 Å². The molecule has 1 heterocycles.